The van der Waals surface area contributed by atoms with Crippen LogP contribution in [0.25, 0.3) is 10.4 Å². The molecule has 4 nitrogen and oxygen atoms in total. The summed E-state index contributed by atoms with van der Waals surface area (Å²) in [6, 6.07) is 0. The highest BCUT2D eigenvalue weighted by molar-refractivity contribution is 5.53. The van der Waals surface area contributed by atoms with E-state index in [0.29, 0.717) is 12.5 Å². The summed E-state index contributed by atoms with van der Waals surface area (Å²) in [6.45, 7) is 0.599. The zero-order chi connectivity index (χ0) is 8.81. The highest BCUT2D eigenvalue weighted by Crippen LogP contribution is 2.27. The van der Waals surface area contributed by atoms with Crippen molar-refractivity contribution in [3.05, 3.63) is 10.4 Å². The van der Waals surface area contributed by atoms with Gasteiger partial charge in [0.15, 0.2) is 0 Å². The second kappa shape index (κ2) is 4.78. The minimum absolute atomic E-state index is 0.257. The molecule has 0 aromatic heterocycles. The Hall–Kier alpha value is -1.02. The lowest BCUT2D eigenvalue weighted by atomic mass is 9.83. The van der Waals surface area contributed by atoms with E-state index < -0.39 is 0 Å². The molecule has 0 N–H and O–H groups in total. The van der Waals surface area contributed by atoms with Gasteiger partial charge in [-0.15, -0.1) is 0 Å². The van der Waals surface area contributed by atoms with Crippen molar-refractivity contribution in [3.63, 3.8) is 0 Å². The molecule has 0 bridgehead atoms. The Morgan fingerprint density at radius 2 is 2.08 bits per heavy atom. The van der Waals surface area contributed by atoms with E-state index in [1.54, 1.807) is 0 Å². The number of rotatable bonds is 3. The largest absolute Gasteiger partial charge is 0.303 e. The van der Waals surface area contributed by atoms with Gasteiger partial charge in [0.05, 0.1) is 0 Å². The average molecular weight is 167 g/mol. The van der Waals surface area contributed by atoms with E-state index in [1.165, 1.54) is 0 Å². The predicted octanol–water partition coefficient (Wildman–Crippen LogP) is 2.30. The minimum Gasteiger partial charge on any atom is -0.303 e. The molecule has 1 rings (SSSR count). The topological polar surface area (TPSA) is 65.8 Å². The molecule has 1 aliphatic rings. The van der Waals surface area contributed by atoms with Crippen LogP contribution in [-0.4, -0.2) is 12.8 Å². The smallest absolute Gasteiger partial charge is 0.123 e. The molecule has 0 amide bonds. The zero-order valence-electron chi connectivity index (χ0n) is 7.02. The maximum atomic E-state index is 10.4. The first-order valence-electron chi connectivity index (χ1n) is 4.33. The third kappa shape index (κ3) is 2.55. The fourth-order valence-electron chi connectivity index (χ4n) is 1.66. The summed E-state index contributed by atoms with van der Waals surface area (Å²) in [5.74, 6) is 0.768. The first kappa shape index (κ1) is 9.07. The Morgan fingerprint density at radius 1 is 1.42 bits per heavy atom. The van der Waals surface area contributed by atoms with Gasteiger partial charge in [-0.1, -0.05) is 5.11 Å². The molecule has 12 heavy (non-hydrogen) atoms. The van der Waals surface area contributed by atoms with Crippen LogP contribution in [0.4, 0.5) is 0 Å². The molecule has 1 aliphatic carbocycles. The van der Waals surface area contributed by atoms with Crippen LogP contribution in [0, 0.1) is 11.8 Å². The van der Waals surface area contributed by atoms with Crippen LogP contribution < -0.4 is 0 Å². The van der Waals surface area contributed by atoms with Crippen molar-refractivity contribution in [1.82, 2.24) is 0 Å². The van der Waals surface area contributed by atoms with Crippen molar-refractivity contribution >= 4 is 6.29 Å². The Kier molecular flexibility index (Phi) is 3.61. The summed E-state index contributed by atoms with van der Waals surface area (Å²) in [5.41, 5.74) is 8.10. The van der Waals surface area contributed by atoms with E-state index in [9.17, 15) is 4.79 Å². The molecule has 4 heteroatoms. The molecule has 1 saturated carbocycles. The summed E-state index contributed by atoms with van der Waals surface area (Å²) < 4.78 is 0. The van der Waals surface area contributed by atoms with Gasteiger partial charge in [0.25, 0.3) is 0 Å². The summed E-state index contributed by atoms with van der Waals surface area (Å²) in [4.78, 5) is 13.1. The Bertz CT molecular complexity index is 190. The highest BCUT2D eigenvalue weighted by atomic mass is 16.1. The quantitative estimate of drug-likeness (QED) is 0.275. The van der Waals surface area contributed by atoms with Gasteiger partial charge in [0.1, 0.15) is 6.29 Å². The third-order valence-electron chi connectivity index (χ3n) is 2.49. The van der Waals surface area contributed by atoms with Crippen molar-refractivity contribution in [1.29, 1.82) is 0 Å². The number of hydrogen-bond donors (Lipinski definition) is 0. The number of carbonyl (C=O) groups excluding carboxylic acids is 1. The van der Waals surface area contributed by atoms with Crippen molar-refractivity contribution in [2.75, 3.05) is 6.54 Å². The van der Waals surface area contributed by atoms with Crippen molar-refractivity contribution < 1.29 is 4.79 Å². The number of carbonyl (C=O) groups is 1. The Balaban J connectivity index is 2.25. The van der Waals surface area contributed by atoms with Crippen molar-refractivity contribution in [2.45, 2.75) is 25.7 Å². The van der Waals surface area contributed by atoms with E-state index in [-0.39, 0.29) is 5.92 Å². The molecule has 0 saturated heterocycles. The number of aldehydes is 1. The molecule has 0 spiro atoms. The second-order valence-corrected chi connectivity index (χ2v) is 3.33. The van der Waals surface area contributed by atoms with E-state index >= 15 is 0 Å². The van der Waals surface area contributed by atoms with Gasteiger partial charge in [-0.2, -0.15) is 0 Å². The molecular weight excluding hydrogens is 154 g/mol. The summed E-state index contributed by atoms with van der Waals surface area (Å²) in [6.07, 6.45) is 5.04. The van der Waals surface area contributed by atoms with Crippen molar-refractivity contribution in [3.8, 4) is 0 Å². The molecular formula is C8H13N3O. The molecule has 0 unspecified atom stereocenters. The monoisotopic (exact) mass is 167 g/mol. The normalized spacial score (nSPS) is 29.0. The van der Waals surface area contributed by atoms with Crippen LogP contribution in [0.2, 0.25) is 0 Å². The SMILES string of the molecule is [N-]=[N+]=NCC1CCC(C=O)CC1. The molecule has 0 radical (unpaired) electrons. The van der Waals surface area contributed by atoms with Crippen LogP contribution in [0.5, 0.6) is 0 Å². The van der Waals surface area contributed by atoms with Gasteiger partial charge >= 0.3 is 0 Å². The Labute approximate surface area is 71.6 Å². The van der Waals surface area contributed by atoms with Gasteiger partial charge in [-0.25, -0.2) is 0 Å². The fourth-order valence-corrected chi connectivity index (χ4v) is 1.66. The fraction of sp³-hybridized carbons (Fsp3) is 0.875. The van der Waals surface area contributed by atoms with E-state index in [2.05, 4.69) is 10.0 Å². The lowest BCUT2D eigenvalue weighted by molar-refractivity contribution is -0.112. The van der Waals surface area contributed by atoms with Crippen LogP contribution in [0.15, 0.2) is 5.11 Å². The number of nitrogens with zero attached hydrogens (tertiary/aromatic N) is 3. The van der Waals surface area contributed by atoms with Crippen LogP contribution in [0.3, 0.4) is 0 Å². The summed E-state index contributed by atoms with van der Waals surface area (Å²) in [5, 5.41) is 3.54. The molecule has 1 fully saturated rings. The minimum atomic E-state index is 0.257. The third-order valence-corrected chi connectivity index (χ3v) is 2.49. The average Bonchev–Trinajstić information content (AvgIpc) is 2.15. The summed E-state index contributed by atoms with van der Waals surface area (Å²) in [7, 11) is 0. The molecule has 66 valence electrons. The molecule has 0 aliphatic heterocycles. The number of hydrogen-bond acceptors (Lipinski definition) is 2. The van der Waals surface area contributed by atoms with Gasteiger partial charge in [0.2, 0.25) is 0 Å². The van der Waals surface area contributed by atoms with Crippen molar-refractivity contribution in [2.24, 2.45) is 17.0 Å². The van der Waals surface area contributed by atoms with Crippen LogP contribution in [0.1, 0.15) is 25.7 Å². The van der Waals surface area contributed by atoms with E-state index in [1.807, 2.05) is 0 Å². The van der Waals surface area contributed by atoms with E-state index in [0.717, 1.165) is 32.0 Å². The van der Waals surface area contributed by atoms with Crippen LogP contribution in [-0.2, 0) is 4.79 Å². The molecule has 0 atom stereocenters. The predicted molar refractivity (Wildman–Crippen MR) is 45.5 cm³/mol. The van der Waals surface area contributed by atoms with Gasteiger partial charge in [-0.3, -0.25) is 0 Å². The lowest BCUT2D eigenvalue weighted by Crippen LogP contribution is -2.17. The van der Waals surface area contributed by atoms with Gasteiger partial charge in [-0.05, 0) is 37.1 Å². The lowest BCUT2D eigenvalue weighted by Gasteiger charge is -2.23. The summed E-state index contributed by atoms with van der Waals surface area (Å²) >= 11 is 0. The second-order valence-electron chi connectivity index (χ2n) is 3.33. The number of azide groups is 1. The standard InChI is InChI=1S/C8H13N3O/c9-11-10-5-7-1-3-8(6-12)4-2-7/h6-8H,1-5H2. The van der Waals surface area contributed by atoms with Crippen LogP contribution >= 0.6 is 0 Å². The van der Waals surface area contributed by atoms with Gasteiger partial charge in [0, 0.05) is 17.4 Å². The molecule has 0 heterocycles. The first-order valence-corrected chi connectivity index (χ1v) is 4.33. The van der Waals surface area contributed by atoms with E-state index in [4.69, 9.17) is 5.53 Å². The first-order chi connectivity index (χ1) is 5.86. The molecule has 0 aromatic rings. The highest BCUT2D eigenvalue weighted by Gasteiger charge is 2.19. The molecule has 0 aromatic carbocycles. The zero-order valence-corrected chi connectivity index (χ0v) is 7.02. The Morgan fingerprint density at radius 3 is 2.58 bits per heavy atom. The van der Waals surface area contributed by atoms with Gasteiger partial charge < -0.3 is 4.79 Å². The maximum Gasteiger partial charge on any atom is 0.123 e. The maximum absolute atomic E-state index is 10.4.